The summed E-state index contributed by atoms with van der Waals surface area (Å²) >= 11 is 1.65. The van der Waals surface area contributed by atoms with E-state index < -0.39 is 0 Å². The molecule has 0 aliphatic heterocycles. The van der Waals surface area contributed by atoms with Crippen molar-refractivity contribution in [1.29, 1.82) is 0 Å². The third-order valence-electron chi connectivity index (χ3n) is 2.22. The SMILES string of the molecule is Cc1nc(C#CCCc2ccccc2)cs1. The van der Waals surface area contributed by atoms with Gasteiger partial charge in [0, 0.05) is 11.8 Å². The van der Waals surface area contributed by atoms with Crippen LogP contribution in [0.4, 0.5) is 0 Å². The van der Waals surface area contributed by atoms with Gasteiger partial charge in [-0.3, -0.25) is 0 Å². The second-order valence-corrected chi connectivity index (χ2v) is 4.60. The summed E-state index contributed by atoms with van der Waals surface area (Å²) in [5.41, 5.74) is 2.24. The maximum Gasteiger partial charge on any atom is 0.124 e. The maximum absolute atomic E-state index is 4.30. The van der Waals surface area contributed by atoms with Gasteiger partial charge in [0.25, 0.3) is 0 Å². The van der Waals surface area contributed by atoms with Crippen LogP contribution in [-0.4, -0.2) is 4.98 Å². The van der Waals surface area contributed by atoms with Gasteiger partial charge in [0.15, 0.2) is 0 Å². The molecule has 2 aromatic rings. The molecule has 0 spiro atoms. The third kappa shape index (κ3) is 3.22. The fourth-order valence-corrected chi connectivity index (χ4v) is 1.97. The Labute approximate surface area is 100 Å². The lowest BCUT2D eigenvalue weighted by Gasteiger charge is -1.94. The molecular formula is C14H13NS. The molecule has 1 aromatic carbocycles. The number of nitrogens with zero attached hydrogens (tertiary/aromatic N) is 1. The number of hydrogen-bond acceptors (Lipinski definition) is 2. The molecule has 0 aliphatic rings. The van der Waals surface area contributed by atoms with Crippen LogP contribution < -0.4 is 0 Å². The van der Waals surface area contributed by atoms with Crippen LogP contribution in [0, 0.1) is 18.8 Å². The summed E-state index contributed by atoms with van der Waals surface area (Å²) < 4.78 is 0. The molecule has 0 bridgehead atoms. The van der Waals surface area contributed by atoms with Gasteiger partial charge in [-0.05, 0) is 24.8 Å². The third-order valence-corrected chi connectivity index (χ3v) is 2.99. The molecular weight excluding hydrogens is 214 g/mol. The molecule has 0 unspecified atom stereocenters. The Hall–Kier alpha value is -1.59. The van der Waals surface area contributed by atoms with E-state index in [2.05, 4.69) is 41.1 Å². The average molecular weight is 227 g/mol. The predicted octanol–water partition coefficient (Wildman–Crippen LogP) is 3.44. The average Bonchev–Trinajstić information content (AvgIpc) is 2.72. The van der Waals surface area contributed by atoms with Gasteiger partial charge in [-0.1, -0.05) is 36.3 Å². The molecule has 0 aliphatic carbocycles. The standard InChI is InChI=1S/C14H13NS/c1-12-15-14(11-16-12)10-6-5-9-13-7-3-2-4-8-13/h2-4,7-8,11H,5,9H2,1H3. The quantitative estimate of drug-likeness (QED) is 0.716. The number of aryl methyl sites for hydroxylation is 2. The van der Waals surface area contributed by atoms with E-state index in [0.29, 0.717) is 0 Å². The number of hydrogen-bond donors (Lipinski definition) is 0. The van der Waals surface area contributed by atoms with Crippen molar-refractivity contribution >= 4 is 11.3 Å². The second-order valence-electron chi connectivity index (χ2n) is 3.54. The zero-order valence-electron chi connectivity index (χ0n) is 9.23. The van der Waals surface area contributed by atoms with Gasteiger partial charge in [0.05, 0.1) is 5.01 Å². The van der Waals surface area contributed by atoms with Gasteiger partial charge in [-0.15, -0.1) is 11.3 Å². The molecule has 0 atom stereocenters. The van der Waals surface area contributed by atoms with E-state index in [0.717, 1.165) is 23.5 Å². The Morgan fingerprint density at radius 3 is 2.75 bits per heavy atom. The highest BCUT2D eigenvalue weighted by molar-refractivity contribution is 7.09. The van der Waals surface area contributed by atoms with E-state index in [1.807, 2.05) is 18.4 Å². The van der Waals surface area contributed by atoms with Crippen molar-refractivity contribution in [3.63, 3.8) is 0 Å². The van der Waals surface area contributed by atoms with E-state index in [1.165, 1.54) is 5.56 Å². The van der Waals surface area contributed by atoms with Crippen molar-refractivity contribution in [1.82, 2.24) is 4.98 Å². The Morgan fingerprint density at radius 1 is 1.25 bits per heavy atom. The zero-order chi connectivity index (χ0) is 11.2. The lowest BCUT2D eigenvalue weighted by molar-refractivity contribution is 1.03. The van der Waals surface area contributed by atoms with E-state index in [4.69, 9.17) is 0 Å². The summed E-state index contributed by atoms with van der Waals surface area (Å²) in [6.07, 6.45) is 1.90. The number of benzene rings is 1. The second kappa shape index (κ2) is 5.48. The molecule has 0 N–H and O–H groups in total. The largest absolute Gasteiger partial charge is 0.233 e. The molecule has 1 aromatic heterocycles. The van der Waals surface area contributed by atoms with Crippen LogP contribution in [-0.2, 0) is 6.42 Å². The number of aromatic nitrogens is 1. The van der Waals surface area contributed by atoms with E-state index >= 15 is 0 Å². The molecule has 0 amide bonds. The number of rotatable bonds is 2. The molecule has 0 saturated heterocycles. The zero-order valence-corrected chi connectivity index (χ0v) is 10.1. The summed E-state index contributed by atoms with van der Waals surface area (Å²) in [5, 5.41) is 3.08. The van der Waals surface area contributed by atoms with Crippen LogP contribution >= 0.6 is 11.3 Å². The van der Waals surface area contributed by atoms with Gasteiger partial charge in [0.1, 0.15) is 5.69 Å². The molecule has 0 radical (unpaired) electrons. The van der Waals surface area contributed by atoms with Crippen LogP contribution in [0.3, 0.4) is 0 Å². The van der Waals surface area contributed by atoms with Gasteiger partial charge in [0.2, 0.25) is 0 Å². The first-order valence-corrected chi connectivity index (χ1v) is 6.17. The minimum absolute atomic E-state index is 0.889. The van der Waals surface area contributed by atoms with Crippen molar-refractivity contribution in [2.75, 3.05) is 0 Å². The van der Waals surface area contributed by atoms with Crippen molar-refractivity contribution < 1.29 is 0 Å². The Balaban J connectivity index is 1.87. The summed E-state index contributed by atoms with van der Waals surface area (Å²) in [7, 11) is 0. The van der Waals surface area contributed by atoms with Crippen molar-refractivity contribution in [2.45, 2.75) is 19.8 Å². The lowest BCUT2D eigenvalue weighted by Crippen LogP contribution is -1.82. The summed E-state index contributed by atoms with van der Waals surface area (Å²) in [6.45, 7) is 2.00. The monoisotopic (exact) mass is 227 g/mol. The smallest absolute Gasteiger partial charge is 0.124 e. The fourth-order valence-electron chi connectivity index (χ4n) is 1.43. The van der Waals surface area contributed by atoms with Crippen molar-refractivity contribution in [2.24, 2.45) is 0 Å². The topological polar surface area (TPSA) is 12.9 Å². The van der Waals surface area contributed by atoms with Gasteiger partial charge < -0.3 is 0 Å². The molecule has 2 rings (SSSR count). The van der Waals surface area contributed by atoms with Crippen LogP contribution in [0.15, 0.2) is 35.7 Å². The fraction of sp³-hybridized carbons (Fsp3) is 0.214. The summed E-state index contributed by atoms with van der Waals surface area (Å²) in [6, 6.07) is 10.4. The van der Waals surface area contributed by atoms with Gasteiger partial charge in [-0.2, -0.15) is 0 Å². The van der Waals surface area contributed by atoms with Crippen molar-refractivity contribution in [3.05, 3.63) is 52.0 Å². The Morgan fingerprint density at radius 2 is 2.06 bits per heavy atom. The molecule has 1 heterocycles. The van der Waals surface area contributed by atoms with E-state index in [-0.39, 0.29) is 0 Å². The normalized spacial score (nSPS) is 9.56. The molecule has 2 heteroatoms. The van der Waals surface area contributed by atoms with Crippen LogP contribution in [0.2, 0.25) is 0 Å². The van der Waals surface area contributed by atoms with Crippen molar-refractivity contribution in [3.8, 4) is 11.8 Å². The summed E-state index contributed by atoms with van der Waals surface area (Å²) in [4.78, 5) is 4.30. The van der Waals surface area contributed by atoms with Crippen LogP contribution in [0.1, 0.15) is 22.7 Å². The predicted molar refractivity (Wildman–Crippen MR) is 68.5 cm³/mol. The van der Waals surface area contributed by atoms with E-state index in [1.54, 1.807) is 11.3 Å². The highest BCUT2D eigenvalue weighted by Crippen LogP contribution is 2.06. The highest BCUT2D eigenvalue weighted by atomic mass is 32.1. The van der Waals surface area contributed by atoms with Crippen LogP contribution in [0.5, 0.6) is 0 Å². The van der Waals surface area contributed by atoms with Gasteiger partial charge in [-0.25, -0.2) is 4.98 Å². The summed E-state index contributed by atoms with van der Waals surface area (Å²) in [5.74, 6) is 6.24. The molecule has 80 valence electrons. The molecule has 0 saturated carbocycles. The minimum atomic E-state index is 0.889. The van der Waals surface area contributed by atoms with E-state index in [9.17, 15) is 0 Å². The molecule has 0 fully saturated rings. The Bertz CT molecular complexity index is 502. The highest BCUT2D eigenvalue weighted by Gasteiger charge is 1.92. The first-order valence-electron chi connectivity index (χ1n) is 5.29. The first kappa shape index (κ1) is 10.9. The maximum atomic E-state index is 4.30. The molecule has 1 nitrogen and oxygen atoms in total. The lowest BCUT2D eigenvalue weighted by atomic mass is 10.1. The minimum Gasteiger partial charge on any atom is -0.233 e. The Kier molecular flexibility index (Phi) is 3.74. The first-order chi connectivity index (χ1) is 7.84. The number of thiazole rings is 1. The van der Waals surface area contributed by atoms with Crippen LogP contribution in [0.25, 0.3) is 0 Å². The molecule has 16 heavy (non-hydrogen) atoms. The van der Waals surface area contributed by atoms with Gasteiger partial charge >= 0.3 is 0 Å².